The van der Waals surface area contributed by atoms with Gasteiger partial charge in [0.15, 0.2) is 17.8 Å². The Kier molecular flexibility index (Phi) is 3.96. The number of phenolic OH excluding ortho intramolecular Hbond substituents is 1. The number of hydrogen-bond acceptors (Lipinski definition) is 5. The van der Waals surface area contributed by atoms with Gasteiger partial charge in [-0.1, -0.05) is 0 Å². The minimum absolute atomic E-state index is 0.165. The Labute approximate surface area is 136 Å². The van der Waals surface area contributed by atoms with Gasteiger partial charge in [-0.3, -0.25) is 4.79 Å². The number of methoxy groups -OCH3 is 1. The van der Waals surface area contributed by atoms with Crippen LogP contribution in [0.3, 0.4) is 0 Å². The molecule has 0 saturated carbocycles. The van der Waals surface area contributed by atoms with Crippen molar-refractivity contribution in [2.45, 2.75) is 13.0 Å². The summed E-state index contributed by atoms with van der Waals surface area (Å²) in [5.41, 5.74) is 1.92. The van der Waals surface area contributed by atoms with Crippen LogP contribution in [0.5, 0.6) is 11.5 Å². The summed E-state index contributed by atoms with van der Waals surface area (Å²) in [4.78, 5) is 25.7. The van der Waals surface area contributed by atoms with Crippen molar-refractivity contribution < 1.29 is 24.5 Å². The molecule has 3 rings (SSSR count). The molecule has 1 aliphatic rings. The summed E-state index contributed by atoms with van der Waals surface area (Å²) >= 11 is 1.57. The maximum absolute atomic E-state index is 11.1. The molecule has 0 aliphatic carbocycles. The quantitative estimate of drug-likeness (QED) is 0.843. The van der Waals surface area contributed by atoms with Gasteiger partial charge in [0.25, 0.3) is 0 Å². The summed E-state index contributed by atoms with van der Waals surface area (Å²) in [7, 11) is 1.43. The number of thiophene rings is 1. The summed E-state index contributed by atoms with van der Waals surface area (Å²) in [6.07, 6.45) is 0.348. The number of rotatable bonds is 3. The number of carbonyl (C=O) groups excluding carboxylic acids is 1. The molecule has 0 unspecified atom stereocenters. The first-order valence-corrected chi connectivity index (χ1v) is 7.81. The standard InChI is InChI=1S/C16H15NO5S/c1-22-12-5-9(4-11(8-18)15(12)19)14-6-10-7-17(16(20)21)3-2-13(10)23-14/h4-6,8,19H,2-3,7H2,1H3,(H,20,21). The molecular formula is C16H15NO5S. The zero-order valence-electron chi connectivity index (χ0n) is 12.4. The van der Waals surface area contributed by atoms with E-state index in [1.54, 1.807) is 23.5 Å². The Hall–Kier alpha value is -2.54. The molecule has 23 heavy (non-hydrogen) atoms. The molecule has 2 heterocycles. The fraction of sp³-hybridized carbons (Fsp3) is 0.250. The number of ether oxygens (including phenoxy) is 1. The third-order valence-corrected chi connectivity index (χ3v) is 5.16. The number of nitrogens with zero attached hydrogens (tertiary/aromatic N) is 1. The van der Waals surface area contributed by atoms with E-state index in [0.29, 0.717) is 25.8 Å². The molecule has 0 fully saturated rings. The smallest absolute Gasteiger partial charge is 0.407 e. The number of carboxylic acid groups (broad SMARTS) is 1. The summed E-state index contributed by atoms with van der Waals surface area (Å²) in [6.45, 7) is 0.859. The maximum Gasteiger partial charge on any atom is 0.407 e. The first-order chi connectivity index (χ1) is 11.0. The van der Waals surface area contributed by atoms with E-state index in [4.69, 9.17) is 9.84 Å². The van der Waals surface area contributed by atoms with Crippen molar-refractivity contribution in [3.8, 4) is 21.9 Å². The van der Waals surface area contributed by atoms with Crippen LogP contribution in [0.1, 0.15) is 20.8 Å². The average molecular weight is 333 g/mol. The Morgan fingerprint density at radius 3 is 2.83 bits per heavy atom. The van der Waals surface area contributed by atoms with Crippen LogP contribution in [-0.4, -0.2) is 41.1 Å². The van der Waals surface area contributed by atoms with E-state index in [0.717, 1.165) is 20.9 Å². The monoisotopic (exact) mass is 333 g/mol. The van der Waals surface area contributed by atoms with Gasteiger partial charge < -0.3 is 19.8 Å². The van der Waals surface area contributed by atoms with E-state index in [2.05, 4.69) is 0 Å². The number of hydrogen-bond donors (Lipinski definition) is 2. The Bertz CT molecular complexity index is 783. The van der Waals surface area contributed by atoms with Gasteiger partial charge in [0, 0.05) is 16.3 Å². The maximum atomic E-state index is 11.1. The van der Waals surface area contributed by atoms with Gasteiger partial charge in [0.1, 0.15) is 0 Å². The predicted octanol–water partition coefficient (Wildman–Crippen LogP) is 2.98. The number of aromatic hydroxyl groups is 1. The van der Waals surface area contributed by atoms with Crippen molar-refractivity contribution >= 4 is 23.7 Å². The van der Waals surface area contributed by atoms with E-state index in [9.17, 15) is 14.7 Å². The van der Waals surface area contributed by atoms with E-state index in [1.807, 2.05) is 6.07 Å². The van der Waals surface area contributed by atoms with Crippen molar-refractivity contribution in [1.82, 2.24) is 4.90 Å². The van der Waals surface area contributed by atoms with E-state index in [-0.39, 0.29) is 17.1 Å². The number of phenols is 1. The third-order valence-electron chi connectivity index (χ3n) is 3.87. The fourth-order valence-electron chi connectivity index (χ4n) is 2.66. The largest absolute Gasteiger partial charge is 0.504 e. The van der Waals surface area contributed by atoms with Crippen LogP contribution < -0.4 is 4.74 Å². The van der Waals surface area contributed by atoms with Crippen LogP contribution in [-0.2, 0) is 13.0 Å². The lowest BCUT2D eigenvalue weighted by Gasteiger charge is -2.23. The third kappa shape index (κ3) is 2.75. The fourth-order valence-corrected chi connectivity index (χ4v) is 3.81. The SMILES string of the molecule is COc1cc(-c2cc3c(s2)CCN(C(=O)O)C3)cc(C=O)c1O. The van der Waals surface area contributed by atoms with Crippen molar-refractivity contribution in [2.75, 3.05) is 13.7 Å². The lowest BCUT2D eigenvalue weighted by Crippen LogP contribution is -2.33. The van der Waals surface area contributed by atoms with E-state index >= 15 is 0 Å². The highest BCUT2D eigenvalue weighted by Crippen LogP contribution is 2.39. The molecule has 0 bridgehead atoms. The summed E-state index contributed by atoms with van der Waals surface area (Å²) in [6, 6.07) is 5.22. The van der Waals surface area contributed by atoms with Gasteiger partial charge in [-0.15, -0.1) is 11.3 Å². The molecule has 1 aliphatic heterocycles. The first-order valence-electron chi connectivity index (χ1n) is 6.99. The molecule has 7 heteroatoms. The first kappa shape index (κ1) is 15.4. The molecule has 0 atom stereocenters. The van der Waals surface area contributed by atoms with Crippen LogP contribution in [0.4, 0.5) is 4.79 Å². The minimum atomic E-state index is -0.919. The van der Waals surface area contributed by atoms with Crippen LogP contribution in [0.2, 0.25) is 0 Å². The zero-order chi connectivity index (χ0) is 16.6. The molecule has 0 spiro atoms. The van der Waals surface area contributed by atoms with Gasteiger partial charge in [-0.25, -0.2) is 4.79 Å². The molecule has 0 radical (unpaired) electrons. The lowest BCUT2D eigenvalue weighted by molar-refractivity contribution is 0.112. The summed E-state index contributed by atoms with van der Waals surface area (Å²) in [5.74, 6) is 0.0627. The highest BCUT2D eigenvalue weighted by atomic mass is 32.1. The second-order valence-electron chi connectivity index (χ2n) is 5.25. The molecule has 120 valence electrons. The lowest BCUT2D eigenvalue weighted by atomic mass is 10.1. The van der Waals surface area contributed by atoms with Gasteiger partial charge in [-0.2, -0.15) is 0 Å². The van der Waals surface area contributed by atoms with Crippen molar-refractivity contribution in [1.29, 1.82) is 0 Å². The number of fused-ring (bicyclic) bond motifs is 1. The molecule has 2 aromatic rings. The van der Waals surface area contributed by atoms with E-state index in [1.165, 1.54) is 12.0 Å². The summed E-state index contributed by atoms with van der Waals surface area (Å²) < 4.78 is 5.11. The summed E-state index contributed by atoms with van der Waals surface area (Å²) in [5, 5.41) is 19.0. The van der Waals surface area contributed by atoms with Gasteiger partial charge >= 0.3 is 6.09 Å². The van der Waals surface area contributed by atoms with E-state index < -0.39 is 6.09 Å². The van der Waals surface area contributed by atoms with Crippen LogP contribution in [0, 0.1) is 0 Å². The molecule has 0 saturated heterocycles. The second kappa shape index (κ2) is 5.92. The van der Waals surface area contributed by atoms with Crippen LogP contribution in [0.25, 0.3) is 10.4 Å². The highest BCUT2D eigenvalue weighted by molar-refractivity contribution is 7.15. The minimum Gasteiger partial charge on any atom is -0.504 e. The molecule has 2 N–H and O–H groups in total. The molecule has 1 amide bonds. The van der Waals surface area contributed by atoms with Crippen molar-refractivity contribution in [3.05, 3.63) is 34.2 Å². The Balaban J connectivity index is 2.01. The molecule has 1 aromatic carbocycles. The average Bonchev–Trinajstić information content (AvgIpc) is 2.98. The van der Waals surface area contributed by atoms with Crippen molar-refractivity contribution in [2.24, 2.45) is 0 Å². The van der Waals surface area contributed by atoms with Gasteiger partial charge in [0.05, 0.1) is 19.2 Å². The van der Waals surface area contributed by atoms with Crippen LogP contribution >= 0.6 is 11.3 Å². The molecule has 1 aromatic heterocycles. The molecular weight excluding hydrogens is 318 g/mol. The number of aldehydes is 1. The van der Waals surface area contributed by atoms with Gasteiger partial charge in [-0.05, 0) is 35.7 Å². The zero-order valence-corrected chi connectivity index (χ0v) is 13.2. The number of amides is 1. The number of benzene rings is 1. The normalized spacial score (nSPS) is 13.5. The van der Waals surface area contributed by atoms with Gasteiger partial charge in [0.2, 0.25) is 0 Å². The molecule has 6 nitrogen and oxygen atoms in total. The predicted molar refractivity (Wildman–Crippen MR) is 85.5 cm³/mol. The second-order valence-corrected chi connectivity index (χ2v) is 6.38. The Morgan fingerprint density at radius 2 is 2.17 bits per heavy atom. The van der Waals surface area contributed by atoms with Crippen LogP contribution in [0.15, 0.2) is 18.2 Å². The number of carbonyl (C=O) groups is 2. The van der Waals surface area contributed by atoms with Crippen molar-refractivity contribution in [3.63, 3.8) is 0 Å². The highest BCUT2D eigenvalue weighted by Gasteiger charge is 2.23. The topological polar surface area (TPSA) is 87.1 Å². The Morgan fingerprint density at radius 1 is 1.39 bits per heavy atom.